The number of anilines is 1. The Balaban J connectivity index is 2.01. The van der Waals surface area contributed by atoms with E-state index in [0.717, 1.165) is 22.4 Å². The average molecular weight is 283 g/mol. The van der Waals surface area contributed by atoms with Crippen LogP contribution in [0.25, 0.3) is 0 Å². The SMILES string of the molecule is CCc1nsc(NCc2nc(C)c(C(N)=O)s2)n1. The van der Waals surface area contributed by atoms with Crippen LogP contribution in [0, 0.1) is 6.92 Å². The second-order valence-electron chi connectivity index (χ2n) is 3.61. The van der Waals surface area contributed by atoms with Crippen molar-refractivity contribution in [2.45, 2.75) is 26.8 Å². The number of aromatic nitrogens is 3. The maximum Gasteiger partial charge on any atom is 0.260 e. The van der Waals surface area contributed by atoms with E-state index >= 15 is 0 Å². The van der Waals surface area contributed by atoms with E-state index < -0.39 is 5.91 Å². The Morgan fingerprint density at radius 2 is 2.22 bits per heavy atom. The minimum absolute atomic E-state index is 0.430. The fourth-order valence-electron chi connectivity index (χ4n) is 1.38. The van der Waals surface area contributed by atoms with Crippen LogP contribution in [0.2, 0.25) is 0 Å². The molecule has 0 aliphatic carbocycles. The van der Waals surface area contributed by atoms with Gasteiger partial charge >= 0.3 is 0 Å². The van der Waals surface area contributed by atoms with Crippen molar-refractivity contribution in [2.24, 2.45) is 5.73 Å². The molecule has 2 heterocycles. The lowest BCUT2D eigenvalue weighted by Gasteiger charge is -1.96. The molecule has 2 rings (SSSR count). The van der Waals surface area contributed by atoms with Gasteiger partial charge in [0.15, 0.2) is 0 Å². The summed E-state index contributed by atoms with van der Waals surface area (Å²) in [6, 6.07) is 0. The molecule has 1 amide bonds. The van der Waals surface area contributed by atoms with Crippen molar-refractivity contribution in [3.05, 3.63) is 21.4 Å². The predicted molar refractivity (Wildman–Crippen MR) is 72.0 cm³/mol. The zero-order valence-corrected chi connectivity index (χ0v) is 11.7. The Hall–Kier alpha value is -1.54. The van der Waals surface area contributed by atoms with Crippen LogP contribution in [0.1, 0.15) is 33.1 Å². The second kappa shape index (κ2) is 5.40. The summed E-state index contributed by atoms with van der Waals surface area (Å²) in [6.07, 6.45) is 0.820. The highest BCUT2D eigenvalue weighted by Gasteiger charge is 2.12. The van der Waals surface area contributed by atoms with Gasteiger partial charge in [0.25, 0.3) is 5.91 Å². The van der Waals surface area contributed by atoms with Crippen LogP contribution < -0.4 is 11.1 Å². The van der Waals surface area contributed by atoms with Crippen LogP contribution in [0.4, 0.5) is 5.13 Å². The van der Waals surface area contributed by atoms with Crippen LogP contribution in [0.5, 0.6) is 0 Å². The number of rotatable bonds is 5. The van der Waals surface area contributed by atoms with Crippen LogP contribution in [0.15, 0.2) is 0 Å². The normalized spacial score (nSPS) is 10.6. The number of nitrogens with two attached hydrogens (primary N) is 1. The van der Waals surface area contributed by atoms with Gasteiger partial charge in [0.05, 0.1) is 12.2 Å². The number of aryl methyl sites for hydroxylation is 2. The van der Waals surface area contributed by atoms with E-state index in [1.165, 1.54) is 22.9 Å². The zero-order valence-electron chi connectivity index (χ0n) is 10.1. The van der Waals surface area contributed by atoms with Crippen LogP contribution in [-0.2, 0) is 13.0 Å². The predicted octanol–water partition coefficient (Wildman–Crippen LogP) is 1.58. The van der Waals surface area contributed by atoms with Gasteiger partial charge < -0.3 is 11.1 Å². The number of primary amides is 1. The molecule has 0 saturated carbocycles. The Kier molecular flexibility index (Phi) is 3.87. The highest BCUT2D eigenvalue weighted by atomic mass is 32.1. The van der Waals surface area contributed by atoms with Crippen molar-refractivity contribution < 1.29 is 4.79 Å². The van der Waals surface area contributed by atoms with Gasteiger partial charge in [0, 0.05) is 18.0 Å². The molecule has 0 spiro atoms. The first-order valence-electron chi connectivity index (χ1n) is 5.42. The van der Waals surface area contributed by atoms with E-state index in [-0.39, 0.29) is 0 Å². The zero-order chi connectivity index (χ0) is 13.1. The summed E-state index contributed by atoms with van der Waals surface area (Å²) in [7, 11) is 0. The lowest BCUT2D eigenvalue weighted by Crippen LogP contribution is -2.09. The van der Waals surface area contributed by atoms with Crippen molar-refractivity contribution in [1.29, 1.82) is 0 Å². The monoisotopic (exact) mass is 283 g/mol. The molecule has 96 valence electrons. The van der Waals surface area contributed by atoms with Gasteiger partial charge in [0.1, 0.15) is 15.7 Å². The van der Waals surface area contributed by atoms with Crippen molar-refractivity contribution in [3.8, 4) is 0 Å². The number of nitrogens with one attached hydrogen (secondary N) is 1. The van der Waals surface area contributed by atoms with Crippen LogP contribution in [-0.4, -0.2) is 20.2 Å². The highest BCUT2D eigenvalue weighted by Crippen LogP contribution is 2.19. The Morgan fingerprint density at radius 3 is 2.78 bits per heavy atom. The molecule has 0 bridgehead atoms. The van der Waals surface area contributed by atoms with E-state index in [9.17, 15) is 4.79 Å². The maximum absolute atomic E-state index is 11.1. The summed E-state index contributed by atoms with van der Waals surface area (Å²) in [5.74, 6) is 0.399. The number of amides is 1. The molecule has 0 unspecified atom stereocenters. The van der Waals surface area contributed by atoms with E-state index in [1.807, 2.05) is 6.92 Å². The lowest BCUT2D eigenvalue weighted by atomic mass is 10.4. The first kappa shape index (κ1) is 12.9. The Bertz CT molecular complexity index is 562. The van der Waals surface area contributed by atoms with E-state index in [1.54, 1.807) is 6.92 Å². The van der Waals surface area contributed by atoms with Crippen molar-refractivity contribution in [1.82, 2.24) is 14.3 Å². The molecular formula is C10H13N5OS2. The highest BCUT2D eigenvalue weighted by molar-refractivity contribution is 7.13. The van der Waals surface area contributed by atoms with Gasteiger partial charge in [-0.05, 0) is 6.92 Å². The van der Waals surface area contributed by atoms with E-state index in [4.69, 9.17) is 5.73 Å². The number of nitrogens with zero attached hydrogens (tertiary/aromatic N) is 3. The summed E-state index contributed by atoms with van der Waals surface area (Å²) >= 11 is 2.63. The molecule has 3 N–H and O–H groups in total. The molecule has 18 heavy (non-hydrogen) atoms. The molecule has 0 radical (unpaired) electrons. The number of hydrogen-bond acceptors (Lipinski definition) is 7. The van der Waals surface area contributed by atoms with E-state index in [2.05, 4.69) is 19.7 Å². The minimum Gasteiger partial charge on any atom is -0.365 e. The molecule has 0 aromatic carbocycles. The third-order valence-electron chi connectivity index (χ3n) is 2.24. The molecule has 0 saturated heterocycles. The van der Waals surface area contributed by atoms with Crippen molar-refractivity contribution in [3.63, 3.8) is 0 Å². The smallest absolute Gasteiger partial charge is 0.260 e. The Morgan fingerprint density at radius 1 is 1.44 bits per heavy atom. The molecule has 0 aliphatic rings. The van der Waals surface area contributed by atoms with Crippen LogP contribution >= 0.6 is 22.9 Å². The summed E-state index contributed by atoms with van der Waals surface area (Å²) in [4.78, 5) is 20.2. The number of hydrogen-bond donors (Lipinski definition) is 2. The van der Waals surface area contributed by atoms with Gasteiger partial charge in [-0.3, -0.25) is 4.79 Å². The molecular weight excluding hydrogens is 270 g/mol. The molecule has 0 fully saturated rings. The summed E-state index contributed by atoms with van der Waals surface area (Å²) in [5, 5.41) is 4.71. The second-order valence-corrected chi connectivity index (χ2v) is 5.44. The molecule has 8 heteroatoms. The number of carbonyl (C=O) groups is 1. The molecule has 0 aliphatic heterocycles. The van der Waals surface area contributed by atoms with Crippen molar-refractivity contribution >= 4 is 33.9 Å². The van der Waals surface area contributed by atoms with Crippen LogP contribution in [0.3, 0.4) is 0 Å². The van der Waals surface area contributed by atoms with Gasteiger partial charge in [-0.1, -0.05) is 6.92 Å². The first-order valence-corrected chi connectivity index (χ1v) is 7.01. The summed E-state index contributed by atoms with van der Waals surface area (Å²) in [6.45, 7) is 4.31. The fourth-order valence-corrected chi connectivity index (χ4v) is 2.88. The van der Waals surface area contributed by atoms with Gasteiger partial charge in [-0.2, -0.15) is 4.37 Å². The third-order valence-corrected chi connectivity index (χ3v) is 4.12. The quantitative estimate of drug-likeness (QED) is 0.868. The van der Waals surface area contributed by atoms with Gasteiger partial charge in [-0.15, -0.1) is 11.3 Å². The van der Waals surface area contributed by atoms with E-state index in [0.29, 0.717) is 17.1 Å². The fraction of sp³-hybridized carbons (Fsp3) is 0.400. The number of thiazole rings is 1. The summed E-state index contributed by atoms with van der Waals surface area (Å²) in [5.41, 5.74) is 5.92. The molecule has 0 atom stereocenters. The standard InChI is InChI=1S/C10H13N5OS2/c1-3-6-14-10(18-15-6)12-4-7-13-5(2)8(17-7)9(11)16/h3-4H2,1-2H3,(H2,11,16)(H,12,14,15). The minimum atomic E-state index is -0.430. The molecule has 2 aromatic heterocycles. The molecule has 6 nitrogen and oxygen atoms in total. The van der Waals surface area contributed by atoms with Gasteiger partial charge in [0.2, 0.25) is 5.13 Å². The maximum atomic E-state index is 11.1. The average Bonchev–Trinajstić information content (AvgIpc) is 2.92. The lowest BCUT2D eigenvalue weighted by molar-refractivity contribution is 0.100. The first-order chi connectivity index (χ1) is 8.60. The molecule has 2 aromatic rings. The third kappa shape index (κ3) is 2.82. The number of carbonyl (C=O) groups excluding carboxylic acids is 1. The Labute approximate surface area is 112 Å². The van der Waals surface area contributed by atoms with Crippen molar-refractivity contribution in [2.75, 3.05) is 5.32 Å². The topological polar surface area (TPSA) is 93.8 Å². The summed E-state index contributed by atoms with van der Waals surface area (Å²) < 4.78 is 4.17. The van der Waals surface area contributed by atoms with Gasteiger partial charge in [-0.25, -0.2) is 9.97 Å². The largest absolute Gasteiger partial charge is 0.365 e.